The van der Waals surface area contributed by atoms with E-state index >= 15 is 0 Å². The van der Waals surface area contributed by atoms with Crippen LogP contribution in [0.3, 0.4) is 0 Å². The summed E-state index contributed by atoms with van der Waals surface area (Å²) in [6.45, 7) is 0.293. The molecule has 7 nitrogen and oxygen atoms in total. The fourth-order valence-corrected chi connectivity index (χ4v) is 2.23. The fourth-order valence-electron chi connectivity index (χ4n) is 2.23. The second kappa shape index (κ2) is 5.63. The summed E-state index contributed by atoms with van der Waals surface area (Å²) in [5.41, 5.74) is 1.39. The van der Waals surface area contributed by atoms with Crippen LogP contribution in [0.15, 0.2) is 29.1 Å². The number of benzene rings is 1. The Morgan fingerprint density at radius 1 is 1.48 bits per heavy atom. The van der Waals surface area contributed by atoms with Crippen molar-refractivity contribution in [2.24, 2.45) is 0 Å². The minimum Gasteiger partial charge on any atom is -0.389 e. The lowest BCUT2D eigenvalue weighted by Crippen LogP contribution is -2.29. The third kappa shape index (κ3) is 2.93. The zero-order valence-electron chi connectivity index (χ0n) is 11.3. The molecule has 1 amide bonds. The molecule has 0 aliphatic carbocycles. The van der Waals surface area contributed by atoms with E-state index in [0.717, 1.165) is 5.06 Å². The van der Waals surface area contributed by atoms with Gasteiger partial charge in [0.05, 0.1) is 23.7 Å². The molecule has 0 radical (unpaired) electrons. The van der Waals surface area contributed by atoms with E-state index in [2.05, 4.69) is 9.97 Å². The maximum atomic E-state index is 11.9. The number of aliphatic hydroxyl groups is 1. The quantitative estimate of drug-likeness (QED) is 0.828. The van der Waals surface area contributed by atoms with Crippen molar-refractivity contribution < 1.29 is 14.7 Å². The van der Waals surface area contributed by atoms with Gasteiger partial charge in [0, 0.05) is 12.8 Å². The third-order valence-corrected chi connectivity index (χ3v) is 3.32. The van der Waals surface area contributed by atoms with Crippen LogP contribution < -0.4 is 5.56 Å². The number of H-pyrrole nitrogens is 1. The van der Waals surface area contributed by atoms with Crippen LogP contribution in [0.4, 0.5) is 0 Å². The maximum absolute atomic E-state index is 11.9. The molecular weight excluding hydrogens is 274 g/mol. The van der Waals surface area contributed by atoms with E-state index < -0.39 is 6.10 Å². The Bertz CT molecular complexity index is 727. The number of β-amino-alcohol motifs (C(OH)–C–C–N with tert-alkyl or cyclic N) is 1. The van der Waals surface area contributed by atoms with Crippen molar-refractivity contribution in [3.63, 3.8) is 0 Å². The van der Waals surface area contributed by atoms with Crippen LogP contribution in [-0.4, -0.2) is 45.3 Å². The Morgan fingerprint density at radius 2 is 2.29 bits per heavy atom. The summed E-state index contributed by atoms with van der Waals surface area (Å²) >= 11 is 0. The Kier molecular flexibility index (Phi) is 3.68. The third-order valence-electron chi connectivity index (χ3n) is 3.32. The van der Waals surface area contributed by atoms with E-state index in [1.54, 1.807) is 12.1 Å². The van der Waals surface area contributed by atoms with Gasteiger partial charge in [-0.2, -0.15) is 0 Å². The molecule has 21 heavy (non-hydrogen) atoms. The topological polar surface area (TPSA) is 95.5 Å². The Labute approximate surface area is 120 Å². The van der Waals surface area contributed by atoms with Crippen LogP contribution in [0.2, 0.25) is 0 Å². The van der Waals surface area contributed by atoms with Gasteiger partial charge in [-0.25, -0.2) is 10.0 Å². The normalized spacial score (nSPS) is 18.3. The smallest absolute Gasteiger partial charge is 0.270 e. The summed E-state index contributed by atoms with van der Waals surface area (Å²) in [5, 5.41) is 10.4. The highest BCUT2D eigenvalue weighted by Crippen LogP contribution is 2.10. The van der Waals surface area contributed by atoms with Crippen LogP contribution in [-0.2, 0) is 16.1 Å². The number of para-hydroxylation sites is 2. The number of hydroxylamine groups is 2. The summed E-state index contributed by atoms with van der Waals surface area (Å²) in [6, 6.07) is 7.23. The van der Waals surface area contributed by atoms with Crippen molar-refractivity contribution in [2.75, 3.05) is 13.2 Å². The minimum atomic E-state index is -0.642. The highest BCUT2D eigenvalue weighted by atomic mass is 16.7. The van der Waals surface area contributed by atoms with E-state index in [-0.39, 0.29) is 37.5 Å². The van der Waals surface area contributed by atoms with Crippen molar-refractivity contribution in [3.05, 3.63) is 40.3 Å². The van der Waals surface area contributed by atoms with Crippen LogP contribution in [0.25, 0.3) is 11.0 Å². The SMILES string of the molecule is O=C(CCc1nc2ccccc2[nH]c1=O)N1C[C@@H](O)CO1. The molecule has 0 spiro atoms. The first kappa shape index (κ1) is 13.7. The number of hydrogen-bond acceptors (Lipinski definition) is 5. The van der Waals surface area contributed by atoms with E-state index in [0.29, 0.717) is 16.7 Å². The van der Waals surface area contributed by atoms with Gasteiger partial charge in [-0.15, -0.1) is 0 Å². The summed E-state index contributed by atoms with van der Waals surface area (Å²) < 4.78 is 0. The van der Waals surface area contributed by atoms with Crippen molar-refractivity contribution >= 4 is 16.9 Å². The van der Waals surface area contributed by atoms with Gasteiger partial charge in [-0.05, 0) is 12.1 Å². The Hall–Kier alpha value is -2.25. The van der Waals surface area contributed by atoms with Gasteiger partial charge >= 0.3 is 0 Å². The first-order valence-electron chi connectivity index (χ1n) is 6.73. The van der Waals surface area contributed by atoms with Crippen LogP contribution in [0, 0.1) is 0 Å². The van der Waals surface area contributed by atoms with Gasteiger partial charge in [0.25, 0.3) is 5.56 Å². The Morgan fingerprint density at radius 3 is 3.05 bits per heavy atom. The molecule has 1 aromatic carbocycles. The number of rotatable bonds is 3. The number of aromatic amines is 1. The second-order valence-corrected chi connectivity index (χ2v) is 4.93. The molecule has 2 heterocycles. The first-order chi connectivity index (χ1) is 10.1. The van der Waals surface area contributed by atoms with E-state index in [4.69, 9.17) is 4.84 Å². The summed E-state index contributed by atoms with van der Waals surface area (Å²) in [4.78, 5) is 35.9. The van der Waals surface area contributed by atoms with Gasteiger partial charge in [0.1, 0.15) is 12.3 Å². The van der Waals surface area contributed by atoms with Crippen LogP contribution >= 0.6 is 0 Å². The molecular formula is C14H15N3O4. The van der Waals surface area contributed by atoms with Crippen LogP contribution in [0.5, 0.6) is 0 Å². The largest absolute Gasteiger partial charge is 0.389 e. The lowest BCUT2D eigenvalue weighted by Gasteiger charge is -2.13. The monoisotopic (exact) mass is 289 g/mol. The number of carbonyl (C=O) groups excluding carboxylic acids is 1. The number of hydrogen-bond donors (Lipinski definition) is 2. The highest BCUT2D eigenvalue weighted by Gasteiger charge is 2.25. The number of nitrogens with one attached hydrogen (secondary N) is 1. The molecule has 2 N–H and O–H groups in total. The molecule has 110 valence electrons. The van der Waals surface area contributed by atoms with E-state index in [1.807, 2.05) is 12.1 Å². The number of aromatic nitrogens is 2. The predicted octanol–water partition coefficient (Wildman–Crippen LogP) is -0.00960. The molecule has 0 saturated carbocycles. The molecule has 1 fully saturated rings. The summed E-state index contributed by atoms with van der Waals surface area (Å²) in [6.07, 6.45) is -0.299. The lowest BCUT2D eigenvalue weighted by molar-refractivity contribution is -0.168. The standard InChI is InChI=1S/C14H15N3O4/c18-9-7-17(21-8-9)13(19)6-5-12-14(20)16-11-4-2-1-3-10(11)15-12/h1-4,9,18H,5-8H2,(H,16,20)/t9-/m1/s1. The molecule has 1 aliphatic rings. The summed E-state index contributed by atoms with van der Waals surface area (Å²) in [7, 11) is 0. The number of amides is 1. The zero-order valence-corrected chi connectivity index (χ0v) is 11.3. The van der Waals surface area contributed by atoms with Gasteiger partial charge in [0.2, 0.25) is 5.91 Å². The molecule has 0 unspecified atom stereocenters. The minimum absolute atomic E-state index is 0.112. The van der Waals surface area contributed by atoms with Crippen molar-refractivity contribution in [1.82, 2.24) is 15.0 Å². The van der Waals surface area contributed by atoms with Crippen molar-refractivity contribution in [1.29, 1.82) is 0 Å². The van der Waals surface area contributed by atoms with Crippen molar-refractivity contribution in [2.45, 2.75) is 18.9 Å². The second-order valence-electron chi connectivity index (χ2n) is 4.93. The van der Waals surface area contributed by atoms with E-state index in [9.17, 15) is 14.7 Å². The van der Waals surface area contributed by atoms with Crippen molar-refractivity contribution in [3.8, 4) is 0 Å². The molecule has 0 bridgehead atoms. The lowest BCUT2D eigenvalue weighted by atomic mass is 10.2. The van der Waals surface area contributed by atoms with Gasteiger partial charge < -0.3 is 10.1 Å². The van der Waals surface area contributed by atoms with Gasteiger partial charge in [-0.3, -0.25) is 14.4 Å². The number of aliphatic hydroxyl groups excluding tert-OH is 1. The molecule has 7 heteroatoms. The maximum Gasteiger partial charge on any atom is 0.270 e. The fraction of sp³-hybridized carbons (Fsp3) is 0.357. The number of nitrogens with zero attached hydrogens (tertiary/aromatic N) is 2. The molecule has 3 rings (SSSR count). The zero-order chi connectivity index (χ0) is 14.8. The number of aryl methyl sites for hydroxylation is 1. The van der Waals surface area contributed by atoms with Gasteiger partial charge in [0.15, 0.2) is 0 Å². The average Bonchev–Trinajstić information content (AvgIpc) is 2.91. The van der Waals surface area contributed by atoms with Gasteiger partial charge in [-0.1, -0.05) is 12.1 Å². The molecule has 2 aromatic rings. The molecule has 1 saturated heterocycles. The first-order valence-corrected chi connectivity index (χ1v) is 6.73. The average molecular weight is 289 g/mol. The summed E-state index contributed by atoms with van der Waals surface area (Å²) in [5.74, 6) is -0.263. The number of carbonyl (C=O) groups is 1. The molecule has 1 atom stereocenters. The predicted molar refractivity (Wildman–Crippen MR) is 74.4 cm³/mol. The van der Waals surface area contributed by atoms with Crippen LogP contribution in [0.1, 0.15) is 12.1 Å². The number of fused-ring (bicyclic) bond motifs is 1. The Balaban J connectivity index is 1.71. The molecule has 1 aliphatic heterocycles. The van der Waals surface area contributed by atoms with E-state index in [1.165, 1.54) is 0 Å². The molecule has 1 aromatic heterocycles. The highest BCUT2D eigenvalue weighted by molar-refractivity contribution is 5.76.